The molecule has 0 aromatic heterocycles. The van der Waals surface area contributed by atoms with Gasteiger partial charge in [-0.3, -0.25) is 0 Å². The van der Waals surface area contributed by atoms with Gasteiger partial charge in [-0.05, 0) is 43.9 Å². The zero-order valence-electron chi connectivity index (χ0n) is 11.5. The van der Waals surface area contributed by atoms with Gasteiger partial charge in [-0.15, -0.1) is 0 Å². The van der Waals surface area contributed by atoms with E-state index in [1.165, 1.54) is 30.0 Å². The lowest BCUT2D eigenvalue weighted by Crippen LogP contribution is -2.51. The quantitative estimate of drug-likeness (QED) is 0.839. The van der Waals surface area contributed by atoms with E-state index in [9.17, 15) is 8.42 Å². The number of ether oxygens (including phenoxy) is 1. The highest BCUT2D eigenvalue weighted by molar-refractivity contribution is 7.87. The van der Waals surface area contributed by atoms with Crippen LogP contribution < -0.4 is 4.72 Å². The van der Waals surface area contributed by atoms with Gasteiger partial charge in [0, 0.05) is 19.1 Å². The Hall–Kier alpha value is -0.170. The predicted octanol–water partition coefficient (Wildman–Crippen LogP) is 0.978. The Balaban J connectivity index is 1.60. The monoisotopic (exact) mass is 288 g/mol. The third kappa shape index (κ3) is 2.82. The van der Waals surface area contributed by atoms with Crippen LogP contribution in [0.3, 0.4) is 0 Å². The maximum Gasteiger partial charge on any atom is 0.279 e. The van der Waals surface area contributed by atoms with Crippen LogP contribution in [0.5, 0.6) is 0 Å². The number of nitrogens with one attached hydrogen (secondary N) is 1. The molecule has 4 unspecified atom stereocenters. The molecule has 1 aliphatic heterocycles. The van der Waals surface area contributed by atoms with E-state index in [2.05, 4.69) is 4.72 Å². The summed E-state index contributed by atoms with van der Waals surface area (Å²) < 4.78 is 34.3. The van der Waals surface area contributed by atoms with Crippen molar-refractivity contribution in [2.24, 2.45) is 17.8 Å². The van der Waals surface area contributed by atoms with Gasteiger partial charge in [0.2, 0.25) is 0 Å². The molecule has 2 aliphatic carbocycles. The Morgan fingerprint density at radius 2 is 1.95 bits per heavy atom. The summed E-state index contributed by atoms with van der Waals surface area (Å²) in [4.78, 5) is 0. The molecule has 2 bridgehead atoms. The highest BCUT2D eigenvalue weighted by atomic mass is 32.2. The number of nitrogens with zero attached hydrogens (tertiary/aromatic N) is 1. The summed E-state index contributed by atoms with van der Waals surface area (Å²) in [6.45, 7) is 3.98. The molecule has 3 aliphatic rings. The van der Waals surface area contributed by atoms with Gasteiger partial charge in [0.1, 0.15) is 0 Å². The molecule has 1 saturated heterocycles. The van der Waals surface area contributed by atoms with Gasteiger partial charge in [-0.1, -0.05) is 6.42 Å². The van der Waals surface area contributed by atoms with Gasteiger partial charge >= 0.3 is 0 Å². The van der Waals surface area contributed by atoms with Crippen molar-refractivity contribution in [3.05, 3.63) is 0 Å². The molecule has 0 spiro atoms. The smallest absolute Gasteiger partial charge is 0.279 e. The molecule has 0 aromatic carbocycles. The Morgan fingerprint density at radius 1 is 1.21 bits per heavy atom. The van der Waals surface area contributed by atoms with Crippen LogP contribution in [0.2, 0.25) is 0 Å². The molecule has 5 nitrogen and oxygen atoms in total. The number of rotatable bonds is 4. The van der Waals surface area contributed by atoms with E-state index in [1.54, 1.807) is 0 Å². The van der Waals surface area contributed by atoms with Crippen LogP contribution in [0, 0.1) is 17.8 Å². The van der Waals surface area contributed by atoms with Gasteiger partial charge in [0.05, 0.1) is 13.2 Å². The first-order valence-electron chi connectivity index (χ1n) is 7.41. The van der Waals surface area contributed by atoms with Crippen molar-refractivity contribution >= 4 is 10.2 Å². The van der Waals surface area contributed by atoms with E-state index in [1.807, 2.05) is 6.92 Å². The fourth-order valence-electron chi connectivity index (χ4n) is 4.09. The van der Waals surface area contributed by atoms with Crippen molar-refractivity contribution in [1.82, 2.24) is 9.03 Å². The topological polar surface area (TPSA) is 58.6 Å². The van der Waals surface area contributed by atoms with Crippen molar-refractivity contribution in [3.8, 4) is 0 Å². The SMILES string of the molecule is CC(NS(=O)(=O)N1CCOCC1)C1CC2CCC1C2. The Kier molecular flexibility index (Phi) is 3.86. The second kappa shape index (κ2) is 5.31. The largest absolute Gasteiger partial charge is 0.379 e. The van der Waals surface area contributed by atoms with Gasteiger partial charge in [0.15, 0.2) is 0 Å². The molecule has 6 heteroatoms. The molecule has 0 radical (unpaired) electrons. The Morgan fingerprint density at radius 3 is 2.53 bits per heavy atom. The highest BCUT2D eigenvalue weighted by Gasteiger charge is 2.43. The zero-order chi connectivity index (χ0) is 13.5. The second-order valence-corrected chi connectivity index (χ2v) is 7.96. The van der Waals surface area contributed by atoms with Crippen molar-refractivity contribution < 1.29 is 13.2 Å². The third-order valence-electron chi connectivity index (χ3n) is 5.08. The van der Waals surface area contributed by atoms with Crippen molar-refractivity contribution in [3.63, 3.8) is 0 Å². The predicted molar refractivity (Wildman–Crippen MR) is 72.8 cm³/mol. The first-order valence-corrected chi connectivity index (χ1v) is 8.85. The second-order valence-electron chi connectivity index (χ2n) is 6.26. The first-order chi connectivity index (χ1) is 9.06. The van der Waals surface area contributed by atoms with Crippen LogP contribution in [0.4, 0.5) is 0 Å². The molecular formula is C13H24N2O3S. The van der Waals surface area contributed by atoms with Crippen molar-refractivity contribution in [2.75, 3.05) is 26.3 Å². The normalized spacial score (nSPS) is 37.6. The molecule has 110 valence electrons. The molecule has 3 fully saturated rings. The zero-order valence-corrected chi connectivity index (χ0v) is 12.4. The molecule has 1 N–H and O–H groups in total. The summed E-state index contributed by atoms with van der Waals surface area (Å²) in [6.07, 6.45) is 5.16. The van der Waals surface area contributed by atoms with Gasteiger partial charge < -0.3 is 4.74 Å². The maximum absolute atomic E-state index is 12.3. The first kappa shape index (κ1) is 13.8. The fraction of sp³-hybridized carbons (Fsp3) is 1.00. The van der Waals surface area contributed by atoms with E-state index in [-0.39, 0.29) is 6.04 Å². The molecular weight excluding hydrogens is 264 g/mol. The molecule has 1 heterocycles. The van der Waals surface area contributed by atoms with E-state index < -0.39 is 10.2 Å². The van der Waals surface area contributed by atoms with Crippen LogP contribution in [-0.4, -0.2) is 45.1 Å². The van der Waals surface area contributed by atoms with Crippen molar-refractivity contribution in [2.45, 2.75) is 38.6 Å². The lowest BCUT2D eigenvalue weighted by molar-refractivity contribution is 0.0721. The number of hydrogen-bond donors (Lipinski definition) is 1. The fourth-order valence-corrected chi connectivity index (χ4v) is 5.51. The number of hydrogen-bond acceptors (Lipinski definition) is 3. The summed E-state index contributed by atoms with van der Waals surface area (Å²) in [6, 6.07) is 0.0585. The minimum Gasteiger partial charge on any atom is -0.379 e. The summed E-state index contributed by atoms with van der Waals surface area (Å²) in [5.74, 6) is 2.13. The standard InChI is InChI=1S/C13H24N2O3S/c1-10(13-9-11-2-3-12(13)8-11)14-19(16,17)15-4-6-18-7-5-15/h10-14H,2-9H2,1H3. The number of morpholine rings is 1. The molecule has 4 atom stereocenters. The Bertz CT molecular complexity index is 420. The third-order valence-corrected chi connectivity index (χ3v) is 6.79. The van der Waals surface area contributed by atoms with Crippen LogP contribution in [0.1, 0.15) is 32.6 Å². The minimum atomic E-state index is -3.33. The highest BCUT2D eigenvalue weighted by Crippen LogP contribution is 2.49. The van der Waals surface area contributed by atoms with E-state index in [4.69, 9.17) is 4.74 Å². The van der Waals surface area contributed by atoms with Gasteiger partial charge in [0.25, 0.3) is 10.2 Å². The van der Waals surface area contributed by atoms with Gasteiger partial charge in [-0.25, -0.2) is 0 Å². The lowest BCUT2D eigenvalue weighted by atomic mass is 9.84. The summed E-state index contributed by atoms with van der Waals surface area (Å²) >= 11 is 0. The van der Waals surface area contributed by atoms with Gasteiger partial charge in [-0.2, -0.15) is 17.4 Å². The van der Waals surface area contributed by atoms with Crippen molar-refractivity contribution in [1.29, 1.82) is 0 Å². The van der Waals surface area contributed by atoms with Crippen LogP contribution >= 0.6 is 0 Å². The minimum absolute atomic E-state index is 0.0585. The Labute approximate surface area is 115 Å². The lowest BCUT2D eigenvalue weighted by Gasteiger charge is -2.32. The van der Waals surface area contributed by atoms with E-state index in [0.29, 0.717) is 32.2 Å². The summed E-state index contributed by atoms with van der Waals surface area (Å²) in [5.41, 5.74) is 0. The molecule has 0 amide bonds. The molecule has 0 aromatic rings. The van der Waals surface area contributed by atoms with Crippen LogP contribution in [-0.2, 0) is 14.9 Å². The van der Waals surface area contributed by atoms with E-state index >= 15 is 0 Å². The molecule has 19 heavy (non-hydrogen) atoms. The average Bonchev–Trinajstić information content (AvgIpc) is 3.01. The average molecular weight is 288 g/mol. The number of fused-ring (bicyclic) bond motifs is 2. The molecule has 2 saturated carbocycles. The van der Waals surface area contributed by atoms with Crippen LogP contribution in [0.15, 0.2) is 0 Å². The maximum atomic E-state index is 12.3. The summed E-state index contributed by atoms with van der Waals surface area (Å²) in [7, 11) is -3.33. The molecule has 3 rings (SSSR count). The van der Waals surface area contributed by atoms with E-state index in [0.717, 1.165) is 11.8 Å². The summed E-state index contributed by atoms with van der Waals surface area (Å²) in [5, 5.41) is 0. The van der Waals surface area contributed by atoms with Crippen LogP contribution in [0.25, 0.3) is 0 Å².